The third-order valence-corrected chi connectivity index (χ3v) is 7.53. The van der Waals surface area contributed by atoms with Gasteiger partial charge in [0.25, 0.3) is 0 Å². The monoisotopic (exact) mass is 417 g/mol. The maximum atomic E-state index is 13.1. The quantitative estimate of drug-likeness (QED) is 0.679. The lowest BCUT2D eigenvalue weighted by atomic mass is 9.93. The molecule has 0 radical (unpaired) electrons. The topological polar surface area (TPSA) is 44.7 Å². The van der Waals surface area contributed by atoms with Crippen LogP contribution in [-0.4, -0.2) is 39.9 Å². The molecule has 0 aromatic heterocycles. The average Bonchev–Trinajstić information content (AvgIpc) is 3.13. The highest BCUT2D eigenvalue weighted by atomic mass is 32.2. The summed E-state index contributed by atoms with van der Waals surface area (Å²) in [6.45, 7) is 0. The molecule has 29 heavy (non-hydrogen) atoms. The van der Waals surface area contributed by atoms with Gasteiger partial charge in [-0.05, 0) is 49.9 Å². The Bertz CT molecular complexity index is 711. The van der Waals surface area contributed by atoms with Crippen LogP contribution in [0.25, 0.3) is 0 Å². The van der Waals surface area contributed by atoms with E-state index in [0.717, 1.165) is 5.75 Å². The number of anilines is 1. The lowest BCUT2D eigenvalue weighted by Gasteiger charge is -2.37. The molecule has 158 valence electrons. The highest BCUT2D eigenvalue weighted by molar-refractivity contribution is 8.14. The van der Waals surface area contributed by atoms with Crippen LogP contribution in [0.15, 0.2) is 29.3 Å². The molecule has 1 N–H and O–H groups in total. The Morgan fingerprint density at radius 3 is 2.38 bits per heavy atom. The molecule has 1 heterocycles. The predicted octanol–water partition coefficient (Wildman–Crippen LogP) is 5.59. The number of hydrogen-bond acceptors (Lipinski definition) is 3. The standard InChI is InChI=1S/C23H32FN3OS/c24-17-11-13-19(14-12-17)25-22(28)15-21-16-29-23(26-18-7-3-1-4-8-18)27(21)20-9-5-2-6-10-20/h11-14,18,20-21H,1-10,15-16H2,(H,25,28). The van der Waals surface area contributed by atoms with Crippen LogP contribution in [0, 0.1) is 5.82 Å². The molecule has 1 amide bonds. The normalized spacial score (nSPS) is 25.5. The second-order valence-electron chi connectivity index (χ2n) is 8.63. The Hall–Kier alpha value is -1.56. The molecule has 1 aromatic carbocycles. The van der Waals surface area contributed by atoms with E-state index in [0.29, 0.717) is 24.2 Å². The summed E-state index contributed by atoms with van der Waals surface area (Å²) in [5.41, 5.74) is 0.655. The van der Waals surface area contributed by atoms with E-state index in [2.05, 4.69) is 10.2 Å². The summed E-state index contributed by atoms with van der Waals surface area (Å²) in [5.74, 6) is 0.642. The van der Waals surface area contributed by atoms with Gasteiger partial charge in [-0.1, -0.05) is 50.3 Å². The maximum absolute atomic E-state index is 13.1. The SMILES string of the molecule is O=C(CC1CSC(=NC2CCCCC2)N1C1CCCCC1)Nc1ccc(F)cc1. The van der Waals surface area contributed by atoms with Gasteiger partial charge in [0.15, 0.2) is 5.17 Å². The van der Waals surface area contributed by atoms with Crippen LogP contribution in [0.3, 0.4) is 0 Å². The molecule has 0 spiro atoms. The number of nitrogens with one attached hydrogen (secondary N) is 1. The molecule has 2 aliphatic carbocycles. The van der Waals surface area contributed by atoms with Gasteiger partial charge in [0.1, 0.15) is 5.82 Å². The number of hydrogen-bond donors (Lipinski definition) is 1. The first-order valence-corrected chi connectivity index (χ1v) is 12.2. The van der Waals surface area contributed by atoms with Crippen molar-refractivity contribution < 1.29 is 9.18 Å². The maximum Gasteiger partial charge on any atom is 0.226 e. The molecule has 1 saturated heterocycles. The van der Waals surface area contributed by atoms with Crippen molar-refractivity contribution in [2.45, 2.75) is 88.8 Å². The minimum Gasteiger partial charge on any atom is -0.344 e. The van der Waals surface area contributed by atoms with Crippen LogP contribution >= 0.6 is 11.8 Å². The van der Waals surface area contributed by atoms with Crippen molar-refractivity contribution >= 4 is 28.5 Å². The van der Waals surface area contributed by atoms with E-state index in [1.807, 2.05) is 11.8 Å². The molecule has 3 aliphatic rings. The first kappa shape index (κ1) is 20.7. The van der Waals surface area contributed by atoms with Gasteiger partial charge in [-0.25, -0.2) is 4.39 Å². The largest absolute Gasteiger partial charge is 0.344 e. The fraction of sp³-hybridized carbons (Fsp3) is 0.652. The number of aliphatic imine (C=N–C) groups is 1. The third kappa shape index (κ3) is 5.53. The summed E-state index contributed by atoms with van der Waals surface area (Å²) in [6, 6.07) is 7.17. The summed E-state index contributed by atoms with van der Waals surface area (Å²) in [7, 11) is 0. The Morgan fingerprint density at radius 2 is 1.69 bits per heavy atom. The van der Waals surface area contributed by atoms with Gasteiger partial charge in [-0.3, -0.25) is 9.79 Å². The van der Waals surface area contributed by atoms with Crippen molar-refractivity contribution in [2.75, 3.05) is 11.1 Å². The van der Waals surface area contributed by atoms with Gasteiger partial charge in [0, 0.05) is 29.9 Å². The average molecular weight is 418 g/mol. The van der Waals surface area contributed by atoms with Crippen molar-refractivity contribution in [1.29, 1.82) is 0 Å². The minimum atomic E-state index is -0.290. The number of nitrogens with zero attached hydrogens (tertiary/aromatic N) is 2. The fourth-order valence-corrected chi connectivity index (χ4v) is 6.17. The number of carbonyl (C=O) groups excluding carboxylic acids is 1. The molecule has 1 unspecified atom stereocenters. The molecule has 2 saturated carbocycles. The first-order valence-electron chi connectivity index (χ1n) is 11.2. The smallest absolute Gasteiger partial charge is 0.226 e. The number of carbonyl (C=O) groups is 1. The Morgan fingerprint density at radius 1 is 1.03 bits per heavy atom. The molecule has 3 fully saturated rings. The number of benzene rings is 1. The van der Waals surface area contributed by atoms with Gasteiger partial charge in [0.05, 0.1) is 6.04 Å². The third-order valence-electron chi connectivity index (χ3n) is 6.40. The van der Waals surface area contributed by atoms with E-state index in [1.54, 1.807) is 12.1 Å². The highest BCUT2D eigenvalue weighted by Gasteiger charge is 2.37. The Labute approximate surface area is 177 Å². The van der Waals surface area contributed by atoms with Gasteiger partial charge in [-0.2, -0.15) is 0 Å². The van der Waals surface area contributed by atoms with E-state index >= 15 is 0 Å². The predicted molar refractivity (Wildman–Crippen MR) is 119 cm³/mol. The number of thioether (sulfide) groups is 1. The summed E-state index contributed by atoms with van der Waals surface area (Å²) in [4.78, 5) is 20.4. The van der Waals surface area contributed by atoms with Crippen molar-refractivity contribution in [1.82, 2.24) is 4.90 Å². The van der Waals surface area contributed by atoms with E-state index in [9.17, 15) is 9.18 Å². The second kappa shape index (κ2) is 9.96. The highest BCUT2D eigenvalue weighted by Crippen LogP contribution is 2.35. The van der Waals surface area contributed by atoms with E-state index in [1.165, 1.54) is 81.5 Å². The molecule has 4 nitrogen and oxygen atoms in total. The van der Waals surface area contributed by atoms with Crippen LogP contribution < -0.4 is 5.32 Å². The van der Waals surface area contributed by atoms with Crippen molar-refractivity contribution in [3.8, 4) is 0 Å². The van der Waals surface area contributed by atoms with Crippen LogP contribution in [-0.2, 0) is 4.79 Å². The minimum absolute atomic E-state index is 0.00179. The second-order valence-corrected chi connectivity index (χ2v) is 9.61. The van der Waals surface area contributed by atoms with Crippen LogP contribution in [0.4, 0.5) is 10.1 Å². The molecule has 4 rings (SSSR count). The number of rotatable bonds is 5. The van der Waals surface area contributed by atoms with Crippen LogP contribution in [0.1, 0.15) is 70.6 Å². The molecule has 1 atom stereocenters. The van der Waals surface area contributed by atoms with Gasteiger partial charge in [-0.15, -0.1) is 0 Å². The zero-order valence-electron chi connectivity index (χ0n) is 17.1. The lowest BCUT2D eigenvalue weighted by molar-refractivity contribution is -0.117. The van der Waals surface area contributed by atoms with Crippen molar-refractivity contribution in [3.05, 3.63) is 30.1 Å². The summed E-state index contributed by atoms with van der Waals surface area (Å²) >= 11 is 1.84. The lowest BCUT2D eigenvalue weighted by Crippen LogP contribution is -2.45. The molecular formula is C23H32FN3OS. The van der Waals surface area contributed by atoms with Crippen molar-refractivity contribution in [3.63, 3.8) is 0 Å². The van der Waals surface area contributed by atoms with Gasteiger partial charge < -0.3 is 10.2 Å². The number of halogens is 1. The fourth-order valence-electron chi connectivity index (χ4n) is 4.88. The van der Waals surface area contributed by atoms with E-state index in [4.69, 9.17) is 4.99 Å². The first-order chi connectivity index (χ1) is 14.2. The zero-order chi connectivity index (χ0) is 20.1. The molecular weight excluding hydrogens is 385 g/mol. The number of amides is 1. The summed E-state index contributed by atoms with van der Waals surface area (Å²) < 4.78 is 13.1. The van der Waals surface area contributed by atoms with Crippen molar-refractivity contribution in [2.24, 2.45) is 4.99 Å². The molecule has 1 aromatic rings. The molecule has 6 heteroatoms. The zero-order valence-corrected chi connectivity index (χ0v) is 17.9. The van der Waals surface area contributed by atoms with Gasteiger partial charge in [0.2, 0.25) is 5.91 Å². The number of amidine groups is 1. The van der Waals surface area contributed by atoms with Crippen LogP contribution in [0.5, 0.6) is 0 Å². The summed E-state index contributed by atoms with van der Waals surface area (Å²) in [6.07, 6.45) is 13.1. The van der Waals surface area contributed by atoms with E-state index in [-0.39, 0.29) is 17.8 Å². The van der Waals surface area contributed by atoms with Crippen LogP contribution in [0.2, 0.25) is 0 Å². The molecule has 0 bridgehead atoms. The Kier molecular flexibility index (Phi) is 7.11. The molecule has 1 aliphatic heterocycles. The Balaban J connectivity index is 1.44. The van der Waals surface area contributed by atoms with Gasteiger partial charge >= 0.3 is 0 Å². The summed E-state index contributed by atoms with van der Waals surface area (Å²) in [5, 5.41) is 4.12. The van der Waals surface area contributed by atoms with E-state index < -0.39 is 0 Å².